The Balaban J connectivity index is 0.000000735. The molecule has 3 rings (SSSR count). The third-order valence-corrected chi connectivity index (χ3v) is 7.77. The van der Waals surface area contributed by atoms with Crippen molar-refractivity contribution in [2.75, 3.05) is 39.8 Å². The first kappa shape index (κ1) is 34.6. The van der Waals surface area contributed by atoms with Gasteiger partial charge in [-0.2, -0.15) is 5.10 Å². The number of halogens is 1. The lowest BCUT2D eigenvalue weighted by molar-refractivity contribution is -0.134. The summed E-state index contributed by atoms with van der Waals surface area (Å²) in [4.78, 5) is 29.2. The van der Waals surface area contributed by atoms with Crippen LogP contribution >= 0.6 is 11.6 Å². The van der Waals surface area contributed by atoms with Crippen molar-refractivity contribution in [3.63, 3.8) is 0 Å². The summed E-state index contributed by atoms with van der Waals surface area (Å²) in [6.45, 7) is 12.5. The van der Waals surface area contributed by atoms with E-state index in [1.165, 1.54) is 19.3 Å². The highest BCUT2D eigenvalue weighted by Crippen LogP contribution is 2.42. The molecule has 1 atom stereocenters. The van der Waals surface area contributed by atoms with Crippen molar-refractivity contribution < 1.29 is 9.59 Å². The minimum absolute atomic E-state index is 0.00231. The number of hydrogen-bond acceptors (Lipinski definition) is 6. The zero-order valence-corrected chi connectivity index (χ0v) is 25.6. The van der Waals surface area contributed by atoms with Crippen LogP contribution in [0.3, 0.4) is 0 Å². The highest BCUT2D eigenvalue weighted by Gasteiger charge is 2.41. The Kier molecular flexibility index (Phi) is 17.4. The molecule has 9 heteroatoms. The quantitative estimate of drug-likeness (QED) is 0.389. The minimum Gasteiger partial charge on any atom is -0.359 e. The van der Waals surface area contributed by atoms with Gasteiger partial charge in [0.2, 0.25) is 11.8 Å². The molecule has 1 unspecified atom stereocenters. The molecule has 0 radical (unpaired) electrons. The number of rotatable bonds is 11. The zero-order chi connectivity index (χ0) is 29.1. The summed E-state index contributed by atoms with van der Waals surface area (Å²) in [5.74, 6) is 0.892. The molecule has 0 saturated carbocycles. The Bertz CT molecular complexity index is 882. The van der Waals surface area contributed by atoms with Crippen LogP contribution in [-0.2, 0) is 16.0 Å². The van der Waals surface area contributed by atoms with Crippen molar-refractivity contribution >= 4 is 36.0 Å². The molecule has 1 saturated heterocycles. The number of carbonyl (C=O) groups excluding carboxylic acids is 2. The van der Waals surface area contributed by atoms with Gasteiger partial charge in [0.1, 0.15) is 6.34 Å². The minimum atomic E-state index is 0.00231. The van der Waals surface area contributed by atoms with Gasteiger partial charge < -0.3 is 16.0 Å². The van der Waals surface area contributed by atoms with Crippen LogP contribution in [0.2, 0.25) is 5.02 Å². The van der Waals surface area contributed by atoms with E-state index in [9.17, 15) is 9.59 Å². The van der Waals surface area contributed by atoms with Crippen molar-refractivity contribution in [3.05, 3.63) is 34.9 Å². The van der Waals surface area contributed by atoms with Crippen LogP contribution < -0.4 is 11.1 Å². The third kappa shape index (κ3) is 12.5. The molecule has 39 heavy (non-hydrogen) atoms. The van der Waals surface area contributed by atoms with Gasteiger partial charge in [0.25, 0.3) is 0 Å². The normalized spacial score (nSPS) is 16.4. The van der Waals surface area contributed by atoms with Crippen LogP contribution in [0.1, 0.15) is 78.2 Å². The molecular weight excluding hydrogens is 512 g/mol. The number of hydrogen-bond donors (Lipinski definition) is 2. The fraction of sp³-hybridized carbons (Fsp3) is 0.667. The van der Waals surface area contributed by atoms with E-state index < -0.39 is 0 Å². The maximum absolute atomic E-state index is 12.8. The van der Waals surface area contributed by atoms with Crippen LogP contribution in [0, 0.1) is 11.3 Å². The number of amides is 2. The topological polar surface area (TPSA) is 103 Å². The Labute approximate surface area is 241 Å². The average Bonchev–Trinajstić information content (AvgIpc) is 2.97. The summed E-state index contributed by atoms with van der Waals surface area (Å²) in [6.07, 6.45) is 11.2. The number of piperidine rings is 1. The largest absolute Gasteiger partial charge is 0.359 e. The Morgan fingerprint density at radius 2 is 1.82 bits per heavy atom. The molecule has 0 spiro atoms. The van der Waals surface area contributed by atoms with Crippen molar-refractivity contribution in [1.29, 1.82) is 0 Å². The lowest BCUT2D eigenvalue weighted by Crippen LogP contribution is -2.50. The van der Waals surface area contributed by atoms with Crippen LogP contribution in [0.15, 0.2) is 34.4 Å². The Morgan fingerprint density at radius 1 is 1.15 bits per heavy atom. The summed E-state index contributed by atoms with van der Waals surface area (Å²) in [7, 11) is 1.60. The van der Waals surface area contributed by atoms with E-state index in [4.69, 9.17) is 17.3 Å². The zero-order valence-electron chi connectivity index (χ0n) is 24.8. The number of nitrogens with one attached hydrogen (secondary N) is 1. The molecule has 3 N–H and O–H groups in total. The first-order valence-corrected chi connectivity index (χ1v) is 14.9. The Hall–Kier alpha value is -2.45. The molecular formula is C30H51ClN6O2. The van der Waals surface area contributed by atoms with Crippen LogP contribution in [0.4, 0.5) is 0 Å². The second-order valence-electron chi connectivity index (χ2n) is 10.0. The summed E-state index contributed by atoms with van der Waals surface area (Å²) >= 11 is 5.96. The van der Waals surface area contributed by atoms with Gasteiger partial charge in [-0.25, -0.2) is 4.99 Å². The maximum Gasteiger partial charge on any atom is 0.222 e. The smallest absolute Gasteiger partial charge is 0.222 e. The molecule has 1 aromatic carbocycles. The second kappa shape index (κ2) is 19.6. The number of carbonyl (C=O) groups is 2. The molecule has 8 nitrogen and oxygen atoms in total. The van der Waals surface area contributed by atoms with Crippen LogP contribution in [-0.4, -0.2) is 74.0 Å². The van der Waals surface area contributed by atoms with Crippen molar-refractivity contribution in [2.24, 2.45) is 27.2 Å². The monoisotopic (exact) mass is 562 g/mol. The van der Waals surface area contributed by atoms with E-state index in [-0.39, 0.29) is 17.2 Å². The summed E-state index contributed by atoms with van der Waals surface area (Å²) in [6, 6.07) is 7.80. The molecule has 0 aromatic heterocycles. The first-order valence-electron chi connectivity index (χ1n) is 14.6. The number of aryl methyl sites for hydroxylation is 1. The number of benzene rings is 1. The molecule has 1 aromatic rings. The SMILES string of the molecule is CC.CCCCC(C)C1(CN2CC=NC=N2)CCN(C(=O)CCc2ccc(Cl)cc2)CC1.CNC(=O)CCN. The highest BCUT2D eigenvalue weighted by molar-refractivity contribution is 6.30. The van der Waals surface area contributed by atoms with E-state index >= 15 is 0 Å². The molecule has 2 aliphatic rings. The van der Waals surface area contributed by atoms with Gasteiger partial charge in [0.15, 0.2) is 0 Å². The van der Waals surface area contributed by atoms with Crippen molar-refractivity contribution in [3.8, 4) is 0 Å². The second-order valence-corrected chi connectivity index (χ2v) is 10.5. The summed E-state index contributed by atoms with van der Waals surface area (Å²) in [5, 5.41) is 9.80. The van der Waals surface area contributed by atoms with Gasteiger partial charge in [0.05, 0.1) is 6.54 Å². The Morgan fingerprint density at radius 3 is 2.33 bits per heavy atom. The first-order chi connectivity index (χ1) is 18.8. The van der Waals surface area contributed by atoms with Gasteiger partial charge in [-0.05, 0) is 48.3 Å². The number of nitrogens with two attached hydrogens (primary N) is 1. The van der Waals surface area contributed by atoms with Crippen LogP contribution in [0.25, 0.3) is 0 Å². The number of nitrogens with zero attached hydrogens (tertiary/aromatic N) is 4. The van der Waals surface area contributed by atoms with Gasteiger partial charge in [-0.15, -0.1) is 0 Å². The average molecular weight is 563 g/mol. The molecule has 2 aliphatic heterocycles. The van der Waals surface area contributed by atoms with E-state index in [0.29, 0.717) is 25.3 Å². The van der Waals surface area contributed by atoms with Crippen LogP contribution in [0.5, 0.6) is 0 Å². The predicted molar refractivity (Wildman–Crippen MR) is 164 cm³/mol. The number of hydrazone groups is 1. The van der Waals surface area contributed by atoms with E-state index in [1.807, 2.05) is 44.3 Å². The lowest BCUT2D eigenvalue weighted by atomic mass is 9.67. The van der Waals surface area contributed by atoms with Gasteiger partial charge >= 0.3 is 0 Å². The standard InChI is InChI=1S/C24H35ClN4O.C4H10N2O.C2H6/c1-3-4-5-20(2)24(18-29-17-14-26-19-27-29)12-15-28(16-13-24)23(30)11-8-21-6-9-22(25)10-7-21;1-6-4(7)2-3-5;1-2/h6-7,9-10,14,19-20H,3-5,8,11-13,15-18H2,1-2H3;2-3,5H2,1H3,(H,6,7);1-2H3. The molecule has 1 fully saturated rings. The lowest BCUT2D eigenvalue weighted by Gasteiger charge is -2.47. The van der Waals surface area contributed by atoms with E-state index in [1.54, 1.807) is 13.4 Å². The van der Waals surface area contributed by atoms with E-state index in [0.717, 1.165) is 56.0 Å². The van der Waals surface area contributed by atoms with Gasteiger partial charge in [-0.1, -0.05) is 70.7 Å². The molecule has 2 heterocycles. The van der Waals surface area contributed by atoms with Gasteiger partial charge in [0, 0.05) is 57.3 Å². The molecule has 220 valence electrons. The van der Waals surface area contributed by atoms with Crippen molar-refractivity contribution in [1.82, 2.24) is 15.2 Å². The number of aliphatic imine (C=N–C) groups is 1. The molecule has 2 amide bonds. The van der Waals surface area contributed by atoms with Gasteiger partial charge in [-0.3, -0.25) is 14.6 Å². The molecule has 0 bridgehead atoms. The number of unbranched alkanes of at least 4 members (excludes halogenated alkanes) is 1. The fourth-order valence-electron chi connectivity index (χ4n) is 4.95. The third-order valence-electron chi connectivity index (χ3n) is 7.52. The predicted octanol–water partition coefficient (Wildman–Crippen LogP) is 5.14. The fourth-order valence-corrected chi connectivity index (χ4v) is 5.07. The maximum atomic E-state index is 12.8. The van der Waals surface area contributed by atoms with Crippen molar-refractivity contribution in [2.45, 2.75) is 79.1 Å². The summed E-state index contributed by atoms with van der Waals surface area (Å²) < 4.78 is 0. The summed E-state index contributed by atoms with van der Waals surface area (Å²) in [5.41, 5.74) is 6.42. The number of likely N-dealkylation sites (tertiary alicyclic amines) is 1. The van der Waals surface area contributed by atoms with E-state index in [2.05, 4.69) is 39.2 Å². The molecule has 0 aliphatic carbocycles. The highest BCUT2D eigenvalue weighted by atomic mass is 35.5.